The summed E-state index contributed by atoms with van der Waals surface area (Å²) in [6.07, 6.45) is 4.04. The van der Waals surface area contributed by atoms with E-state index in [1.54, 1.807) is 39.7 Å². The Morgan fingerprint density at radius 1 is 1.08 bits per heavy atom. The quantitative estimate of drug-likeness (QED) is 0.558. The predicted molar refractivity (Wildman–Crippen MR) is 140 cm³/mol. The Balaban J connectivity index is 1.40. The van der Waals surface area contributed by atoms with Gasteiger partial charge in [-0.05, 0) is 6.08 Å². The van der Waals surface area contributed by atoms with Crippen LogP contribution in [0.3, 0.4) is 0 Å². The van der Waals surface area contributed by atoms with Crippen LogP contribution in [-0.2, 0) is 11.2 Å². The van der Waals surface area contributed by atoms with Crippen LogP contribution in [0.1, 0.15) is 16.8 Å². The van der Waals surface area contributed by atoms with E-state index in [-0.39, 0.29) is 0 Å². The van der Waals surface area contributed by atoms with Crippen molar-refractivity contribution in [2.45, 2.75) is 6.42 Å². The fraction of sp³-hybridized carbons (Fsp3) is 0.385. The summed E-state index contributed by atoms with van der Waals surface area (Å²) in [6, 6.07) is 5.83. The van der Waals surface area contributed by atoms with E-state index in [0.29, 0.717) is 46.6 Å². The Hall–Kier alpha value is -4.14. The number of benzene rings is 1. The van der Waals surface area contributed by atoms with Crippen molar-refractivity contribution in [2.75, 3.05) is 66.0 Å². The first-order valence-corrected chi connectivity index (χ1v) is 12.0. The molecule has 0 radical (unpaired) electrons. The van der Waals surface area contributed by atoms with Gasteiger partial charge in [0.05, 0.1) is 62.9 Å². The molecule has 1 aromatic heterocycles. The van der Waals surface area contributed by atoms with E-state index in [1.165, 1.54) is 0 Å². The number of aromatic nitrogens is 1. The van der Waals surface area contributed by atoms with Crippen LogP contribution in [0.5, 0.6) is 17.2 Å². The zero-order valence-electron chi connectivity index (χ0n) is 21.1. The van der Waals surface area contributed by atoms with Crippen LogP contribution < -0.4 is 24.8 Å². The average Bonchev–Trinajstić information content (AvgIpc) is 3.33. The number of nitrogens with one attached hydrogen (secondary N) is 2. The summed E-state index contributed by atoms with van der Waals surface area (Å²) in [5.74, 6) is 2.10. The Bertz CT molecular complexity index is 1300. The van der Waals surface area contributed by atoms with Crippen LogP contribution in [0, 0.1) is 11.3 Å². The first-order valence-electron chi connectivity index (χ1n) is 12.0. The lowest BCUT2D eigenvalue weighted by Gasteiger charge is -2.26. The van der Waals surface area contributed by atoms with Gasteiger partial charge in [-0.15, -0.1) is 0 Å². The summed E-state index contributed by atoms with van der Waals surface area (Å²) in [5, 5.41) is 16.5. The standard InChI is InChI=1S/C26H29N7O4/c1-34-22-10-17(11-23(35-2)25(22)36-3)30-24-16(14-27)15-29-19-13-21-20(12-18(19)24)31-26(32-21)28-4-5-33-6-8-37-9-7-33/h10-12,15H,4-9,13H2,1-3H3,(H,28,31)(H,29,30). The number of aliphatic imine (C=N–C) groups is 2. The Morgan fingerprint density at radius 3 is 2.51 bits per heavy atom. The van der Waals surface area contributed by atoms with E-state index in [2.05, 4.69) is 31.6 Å². The number of hydrogen-bond acceptors (Lipinski definition) is 11. The lowest BCUT2D eigenvalue weighted by molar-refractivity contribution is 0.0389. The lowest BCUT2D eigenvalue weighted by atomic mass is 9.95. The number of hydrogen-bond donors (Lipinski definition) is 2. The van der Waals surface area contributed by atoms with Gasteiger partial charge in [-0.2, -0.15) is 5.26 Å². The third-order valence-electron chi connectivity index (χ3n) is 6.45. The minimum absolute atomic E-state index is 0.413. The van der Waals surface area contributed by atoms with Crippen molar-refractivity contribution in [3.8, 4) is 23.3 Å². The highest BCUT2D eigenvalue weighted by Crippen LogP contribution is 2.42. The highest BCUT2D eigenvalue weighted by atomic mass is 16.5. The minimum atomic E-state index is 0.413. The van der Waals surface area contributed by atoms with Crippen molar-refractivity contribution >= 4 is 29.1 Å². The highest BCUT2D eigenvalue weighted by Gasteiger charge is 2.26. The maximum absolute atomic E-state index is 9.82. The monoisotopic (exact) mass is 503 g/mol. The Morgan fingerprint density at radius 2 is 1.84 bits per heavy atom. The van der Waals surface area contributed by atoms with Gasteiger partial charge in [-0.3, -0.25) is 9.88 Å². The van der Waals surface area contributed by atoms with E-state index in [9.17, 15) is 5.26 Å². The molecule has 192 valence electrons. The van der Waals surface area contributed by atoms with Gasteiger partial charge in [0, 0.05) is 62.2 Å². The number of methoxy groups -OCH3 is 3. The molecule has 2 aliphatic heterocycles. The largest absolute Gasteiger partial charge is 0.493 e. The molecule has 2 aromatic rings. The van der Waals surface area contributed by atoms with E-state index in [0.717, 1.165) is 62.1 Å². The number of allylic oxidation sites excluding steroid dienone is 1. The molecular weight excluding hydrogens is 474 g/mol. The number of pyridine rings is 1. The third kappa shape index (κ3) is 5.07. The third-order valence-corrected chi connectivity index (χ3v) is 6.45. The number of guanidine groups is 1. The van der Waals surface area contributed by atoms with Crippen LogP contribution in [0.2, 0.25) is 0 Å². The minimum Gasteiger partial charge on any atom is -0.493 e. The molecule has 2 N–H and O–H groups in total. The van der Waals surface area contributed by atoms with Crippen LogP contribution in [0.15, 0.2) is 34.0 Å². The molecule has 0 unspecified atom stereocenters. The molecule has 1 fully saturated rings. The molecular formula is C26H29N7O4. The molecule has 3 aliphatic rings. The number of fused-ring (bicyclic) bond motifs is 2. The van der Waals surface area contributed by atoms with E-state index in [1.807, 2.05) is 6.08 Å². The molecule has 0 spiro atoms. The zero-order chi connectivity index (χ0) is 25.8. The number of rotatable bonds is 8. The number of anilines is 2. The molecule has 0 bridgehead atoms. The van der Waals surface area contributed by atoms with Gasteiger partial charge in [0.2, 0.25) is 11.7 Å². The molecule has 0 atom stereocenters. The number of nitrogens with zero attached hydrogens (tertiary/aromatic N) is 5. The van der Waals surface area contributed by atoms with E-state index >= 15 is 0 Å². The average molecular weight is 504 g/mol. The molecule has 0 amide bonds. The van der Waals surface area contributed by atoms with Crippen molar-refractivity contribution in [3.63, 3.8) is 0 Å². The molecule has 0 saturated carbocycles. The lowest BCUT2D eigenvalue weighted by Crippen LogP contribution is -2.41. The van der Waals surface area contributed by atoms with Crippen LogP contribution >= 0.6 is 0 Å². The second-order valence-electron chi connectivity index (χ2n) is 8.64. The first-order chi connectivity index (χ1) is 18.1. The molecule has 3 heterocycles. The van der Waals surface area contributed by atoms with Crippen molar-refractivity contribution in [3.05, 3.63) is 40.8 Å². The zero-order valence-corrected chi connectivity index (χ0v) is 21.1. The molecule has 11 heteroatoms. The van der Waals surface area contributed by atoms with Gasteiger partial charge in [0.15, 0.2) is 11.5 Å². The van der Waals surface area contributed by atoms with Crippen LogP contribution in [-0.4, -0.2) is 82.3 Å². The van der Waals surface area contributed by atoms with Crippen molar-refractivity contribution in [1.29, 1.82) is 5.26 Å². The first kappa shape index (κ1) is 24.5. The molecule has 11 nitrogen and oxygen atoms in total. The maximum Gasteiger partial charge on any atom is 0.223 e. The van der Waals surface area contributed by atoms with Gasteiger partial charge in [0.1, 0.15) is 6.07 Å². The Kier molecular flexibility index (Phi) is 7.20. The summed E-state index contributed by atoms with van der Waals surface area (Å²) in [7, 11) is 4.68. The summed E-state index contributed by atoms with van der Waals surface area (Å²) >= 11 is 0. The number of nitriles is 1. The number of morpholine rings is 1. The molecule has 1 aromatic carbocycles. The summed E-state index contributed by atoms with van der Waals surface area (Å²) in [4.78, 5) is 16.3. The van der Waals surface area contributed by atoms with Crippen LogP contribution in [0.25, 0.3) is 6.08 Å². The van der Waals surface area contributed by atoms with Crippen molar-refractivity contribution in [1.82, 2.24) is 15.2 Å². The Labute approximate surface area is 215 Å². The fourth-order valence-corrected chi connectivity index (χ4v) is 4.54. The van der Waals surface area contributed by atoms with Gasteiger partial charge in [-0.25, -0.2) is 9.98 Å². The smallest absolute Gasteiger partial charge is 0.223 e. The van der Waals surface area contributed by atoms with Gasteiger partial charge in [0.25, 0.3) is 0 Å². The van der Waals surface area contributed by atoms with Gasteiger partial charge in [-0.1, -0.05) is 0 Å². The fourth-order valence-electron chi connectivity index (χ4n) is 4.54. The normalized spacial score (nSPS) is 16.4. The summed E-state index contributed by atoms with van der Waals surface area (Å²) in [6.45, 7) is 5.09. The molecule has 1 aliphatic carbocycles. The second-order valence-corrected chi connectivity index (χ2v) is 8.64. The van der Waals surface area contributed by atoms with Crippen molar-refractivity contribution < 1.29 is 18.9 Å². The summed E-state index contributed by atoms with van der Waals surface area (Å²) < 4.78 is 21.8. The van der Waals surface area contributed by atoms with Crippen molar-refractivity contribution in [2.24, 2.45) is 9.98 Å². The predicted octanol–water partition coefficient (Wildman–Crippen LogP) is 2.35. The van der Waals surface area contributed by atoms with E-state index < -0.39 is 0 Å². The van der Waals surface area contributed by atoms with Gasteiger partial charge < -0.3 is 29.6 Å². The van der Waals surface area contributed by atoms with E-state index in [4.69, 9.17) is 23.9 Å². The number of ether oxygens (including phenoxy) is 4. The second kappa shape index (κ2) is 10.9. The molecule has 1 saturated heterocycles. The maximum atomic E-state index is 9.82. The molecule has 37 heavy (non-hydrogen) atoms. The SMILES string of the molecule is COc1cc(Nc2c(C#N)cnc3c2C=C2N=C(NCCN4CCOCC4)N=C2C3)cc(OC)c1OC. The highest BCUT2D eigenvalue weighted by molar-refractivity contribution is 6.17. The topological polar surface area (TPSA) is 126 Å². The summed E-state index contributed by atoms with van der Waals surface area (Å²) in [5.41, 5.74) is 4.98. The van der Waals surface area contributed by atoms with Gasteiger partial charge >= 0.3 is 0 Å². The molecule has 5 rings (SSSR count). The van der Waals surface area contributed by atoms with Crippen LogP contribution in [0.4, 0.5) is 11.4 Å².